The highest BCUT2D eigenvalue weighted by Crippen LogP contribution is 2.38. The van der Waals surface area contributed by atoms with E-state index in [2.05, 4.69) is 55.5 Å². The van der Waals surface area contributed by atoms with Crippen molar-refractivity contribution in [1.82, 2.24) is 0 Å². The van der Waals surface area contributed by atoms with Crippen LogP contribution < -0.4 is 5.73 Å². The Hall–Kier alpha value is -1.60. The Labute approximate surface area is 121 Å². The number of rotatable bonds is 3. The lowest BCUT2D eigenvalue weighted by Crippen LogP contribution is -2.23. The largest absolute Gasteiger partial charge is 0.323 e. The maximum Gasteiger partial charge on any atom is 0.0364 e. The van der Waals surface area contributed by atoms with E-state index in [4.69, 9.17) is 5.73 Å². The molecule has 1 heteroatoms. The minimum Gasteiger partial charge on any atom is -0.323 e. The van der Waals surface area contributed by atoms with Gasteiger partial charge in [-0.15, -0.1) is 0 Å². The molecule has 0 fully saturated rings. The Bertz CT molecular complexity index is 571. The summed E-state index contributed by atoms with van der Waals surface area (Å²) in [6.07, 6.45) is 4.74. The second-order valence-electron chi connectivity index (χ2n) is 5.82. The molecule has 2 aromatic carbocycles. The first kappa shape index (κ1) is 13.4. The van der Waals surface area contributed by atoms with Gasteiger partial charge in [-0.05, 0) is 47.9 Å². The van der Waals surface area contributed by atoms with Crippen LogP contribution in [-0.2, 0) is 12.8 Å². The molecule has 2 aromatic rings. The van der Waals surface area contributed by atoms with Crippen LogP contribution in [0, 0.1) is 0 Å². The molecule has 1 nitrogen and oxygen atoms in total. The minimum atomic E-state index is 0.113. The first-order valence-electron chi connectivity index (χ1n) is 7.72. The number of benzene rings is 2. The third-order valence-corrected chi connectivity index (χ3v) is 4.62. The van der Waals surface area contributed by atoms with Gasteiger partial charge < -0.3 is 5.73 Å². The summed E-state index contributed by atoms with van der Waals surface area (Å²) >= 11 is 0. The summed E-state index contributed by atoms with van der Waals surface area (Å²) in [7, 11) is 0. The minimum absolute atomic E-state index is 0.113. The number of fused-ring (bicyclic) bond motifs is 1. The molecule has 0 saturated carbocycles. The van der Waals surface area contributed by atoms with Crippen LogP contribution in [0.2, 0.25) is 0 Å². The lowest BCUT2D eigenvalue weighted by Gasteiger charge is -2.30. The lowest BCUT2D eigenvalue weighted by atomic mass is 9.77. The Morgan fingerprint density at radius 2 is 1.85 bits per heavy atom. The first-order valence-corrected chi connectivity index (χ1v) is 7.72. The van der Waals surface area contributed by atoms with Gasteiger partial charge in [0, 0.05) is 12.0 Å². The highest BCUT2D eigenvalue weighted by molar-refractivity contribution is 5.36. The normalized spacial score (nSPS) is 19.4. The second kappa shape index (κ2) is 5.80. The third-order valence-electron chi connectivity index (χ3n) is 4.62. The van der Waals surface area contributed by atoms with Crippen molar-refractivity contribution in [2.24, 2.45) is 5.73 Å². The maximum atomic E-state index is 6.58. The van der Waals surface area contributed by atoms with Gasteiger partial charge in [-0.2, -0.15) is 0 Å². The van der Waals surface area contributed by atoms with E-state index < -0.39 is 0 Å². The van der Waals surface area contributed by atoms with Gasteiger partial charge in [0.15, 0.2) is 0 Å². The SMILES string of the molecule is CCc1ccc(C(N)C2CCCc3ccccc32)cc1. The van der Waals surface area contributed by atoms with Crippen LogP contribution in [0.3, 0.4) is 0 Å². The Morgan fingerprint density at radius 3 is 2.60 bits per heavy atom. The summed E-state index contributed by atoms with van der Waals surface area (Å²) in [6, 6.07) is 17.8. The third kappa shape index (κ3) is 2.51. The quantitative estimate of drug-likeness (QED) is 0.876. The number of hydrogen-bond donors (Lipinski definition) is 1. The van der Waals surface area contributed by atoms with Crippen LogP contribution >= 0.6 is 0 Å². The van der Waals surface area contributed by atoms with E-state index in [-0.39, 0.29) is 6.04 Å². The molecule has 1 aliphatic rings. The average Bonchev–Trinajstić information content (AvgIpc) is 2.54. The molecule has 1 aliphatic carbocycles. The molecule has 0 aliphatic heterocycles. The van der Waals surface area contributed by atoms with Crippen LogP contribution in [-0.4, -0.2) is 0 Å². The number of hydrogen-bond acceptors (Lipinski definition) is 1. The molecular formula is C19H23N. The van der Waals surface area contributed by atoms with Crippen molar-refractivity contribution in [1.29, 1.82) is 0 Å². The van der Waals surface area contributed by atoms with Crippen molar-refractivity contribution < 1.29 is 0 Å². The zero-order chi connectivity index (χ0) is 13.9. The van der Waals surface area contributed by atoms with Crippen LogP contribution in [0.1, 0.15) is 54.0 Å². The van der Waals surface area contributed by atoms with E-state index in [9.17, 15) is 0 Å². The highest BCUT2D eigenvalue weighted by Gasteiger charge is 2.26. The van der Waals surface area contributed by atoms with Crippen molar-refractivity contribution in [3.63, 3.8) is 0 Å². The van der Waals surface area contributed by atoms with Gasteiger partial charge in [-0.1, -0.05) is 55.5 Å². The smallest absolute Gasteiger partial charge is 0.0364 e. The molecule has 3 rings (SSSR count). The Balaban J connectivity index is 1.89. The molecule has 104 valence electrons. The molecule has 2 N–H and O–H groups in total. The van der Waals surface area contributed by atoms with Crippen LogP contribution in [0.5, 0.6) is 0 Å². The molecule has 20 heavy (non-hydrogen) atoms. The van der Waals surface area contributed by atoms with Crippen molar-refractivity contribution in [3.05, 3.63) is 70.8 Å². The van der Waals surface area contributed by atoms with E-state index in [1.807, 2.05) is 0 Å². The molecule has 0 amide bonds. The predicted molar refractivity (Wildman–Crippen MR) is 84.9 cm³/mol. The average molecular weight is 265 g/mol. The van der Waals surface area contributed by atoms with Gasteiger partial charge in [0.2, 0.25) is 0 Å². The monoisotopic (exact) mass is 265 g/mol. The number of aryl methyl sites for hydroxylation is 2. The van der Waals surface area contributed by atoms with Gasteiger partial charge in [0.25, 0.3) is 0 Å². The number of nitrogens with two attached hydrogens (primary N) is 1. The molecule has 0 radical (unpaired) electrons. The van der Waals surface area contributed by atoms with Crippen LogP contribution in [0.25, 0.3) is 0 Å². The molecule has 2 atom stereocenters. The standard InChI is InChI=1S/C19H23N/c1-2-14-10-12-16(13-11-14)19(20)18-9-5-7-15-6-3-4-8-17(15)18/h3-4,6,8,10-13,18-19H,2,5,7,9,20H2,1H3. The van der Waals surface area contributed by atoms with Gasteiger partial charge >= 0.3 is 0 Å². The van der Waals surface area contributed by atoms with E-state index in [0.717, 1.165) is 6.42 Å². The first-order chi connectivity index (χ1) is 9.79. The highest BCUT2D eigenvalue weighted by atomic mass is 14.7. The van der Waals surface area contributed by atoms with Crippen molar-refractivity contribution >= 4 is 0 Å². The Morgan fingerprint density at radius 1 is 1.10 bits per heavy atom. The van der Waals surface area contributed by atoms with E-state index in [1.165, 1.54) is 41.5 Å². The molecule has 0 saturated heterocycles. The molecule has 0 bridgehead atoms. The Kier molecular flexibility index (Phi) is 3.88. The second-order valence-corrected chi connectivity index (χ2v) is 5.82. The summed E-state index contributed by atoms with van der Waals surface area (Å²) < 4.78 is 0. The van der Waals surface area contributed by atoms with E-state index >= 15 is 0 Å². The van der Waals surface area contributed by atoms with Crippen LogP contribution in [0.4, 0.5) is 0 Å². The van der Waals surface area contributed by atoms with Crippen LogP contribution in [0.15, 0.2) is 48.5 Å². The van der Waals surface area contributed by atoms with Gasteiger partial charge in [-0.3, -0.25) is 0 Å². The maximum absolute atomic E-state index is 6.58. The molecule has 0 spiro atoms. The molecular weight excluding hydrogens is 242 g/mol. The summed E-state index contributed by atoms with van der Waals surface area (Å²) in [5.41, 5.74) is 12.2. The van der Waals surface area contributed by atoms with Gasteiger partial charge in [0.1, 0.15) is 0 Å². The zero-order valence-corrected chi connectivity index (χ0v) is 12.2. The summed E-state index contributed by atoms with van der Waals surface area (Å²) in [5, 5.41) is 0. The van der Waals surface area contributed by atoms with Gasteiger partial charge in [-0.25, -0.2) is 0 Å². The molecule has 2 unspecified atom stereocenters. The molecule has 0 aromatic heterocycles. The summed E-state index contributed by atoms with van der Waals surface area (Å²) in [5.74, 6) is 0.465. The fraction of sp³-hybridized carbons (Fsp3) is 0.368. The topological polar surface area (TPSA) is 26.0 Å². The predicted octanol–water partition coefficient (Wildman–Crippen LogP) is 4.37. The van der Waals surface area contributed by atoms with Crippen molar-refractivity contribution in [2.75, 3.05) is 0 Å². The van der Waals surface area contributed by atoms with Crippen molar-refractivity contribution in [2.45, 2.75) is 44.6 Å². The van der Waals surface area contributed by atoms with Gasteiger partial charge in [0.05, 0.1) is 0 Å². The summed E-state index contributed by atoms with van der Waals surface area (Å²) in [4.78, 5) is 0. The lowest BCUT2D eigenvalue weighted by molar-refractivity contribution is 0.474. The summed E-state index contributed by atoms with van der Waals surface area (Å²) in [6.45, 7) is 2.19. The fourth-order valence-corrected chi connectivity index (χ4v) is 3.37. The van der Waals surface area contributed by atoms with Crippen molar-refractivity contribution in [3.8, 4) is 0 Å². The zero-order valence-electron chi connectivity index (χ0n) is 12.2. The molecule has 0 heterocycles. The fourth-order valence-electron chi connectivity index (χ4n) is 3.37. The van der Waals surface area contributed by atoms with E-state index in [1.54, 1.807) is 0 Å². The van der Waals surface area contributed by atoms with E-state index in [0.29, 0.717) is 5.92 Å².